The van der Waals surface area contributed by atoms with Crippen molar-refractivity contribution in [3.8, 4) is 0 Å². The summed E-state index contributed by atoms with van der Waals surface area (Å²) in [5.74, 6) is 1.26. The fraction of sp³-hybridized carbons (Fsp3) is 0.500. The Hall–Kier alpha value is -0.780. The van der Waals surface area contributed by atoms with Crippen LogP contribution in [0.4, 0.5) is 5.13 Å². The molecule has 1 aromatic heterocycles. The number of hydrogen-bond acceptors (Lipinski definition) is 5. The highest BCUT2D eigenvalue weighted by atomic mass is 32.2. The fourth-order valence-corrected chi connectivity index (χ4v) is 4.56. The third-order valence-electron chi connectivity index (χ3n) is 3.55. The van der Waals surface area contributed by atoms with Gasteiger partial charge in [-0.15, -0.1) is 0 Å². The molecule has 5 heteroatoms. The highest BCUT2D eigenvalue weighted by molar-refractivity contribution is 8.00. The maximum atomic E-state index is 5.76. The summed E-state index contributed by atoms with van der Waals surface area (Å²) in [5, 5.41) is 1.46. The second-order valence-corrected chi connectivity index (χ2v) is 7.46. The molecule has 3 rings (SSSR count). The van der Waals surface area contributed by atoms with E-state index in [-0.39, 0.29) is 0 Å². The van der Waals surface area contributed by atoms with Crippen LogP contribution in [-0.2, 0) is 6.54 Å². The summed E-state index contributed by atoms with van der Waals surface area (Å²) >= 11 is 3.69. The van der Waals surface area contributed by atoms with Crippen molar-refractivity contribution >= 4 is 38.4 Å². The average molecular weight is 293 g/mol. The number of hydrogen-bond donors (Lipinski definition) is 1. The van der Waals surface area contributed by atoms with Crippen LogP contribution in [0, 0.1) is 0 Å². The van der Waals surface area contributed by atoms with Gasteiger partial charge in [-0.25, -0.2) is 4.98 Å². The van der Waals surface area contributed by atoms with Crippen molar-refractivity contribution in [1.82, 2.24) is 9.88 Å². The van der Waals surface area contributed by atoms with Crippen LogP contribution >= 0.6 is 23.1 Å². The van der Waals surface area contributed by atoms with Crippen molar-refractivity contribution < 1.29 is 0 Å². The summed E-state index contributed by atoms with van der Waals surface area (Å²) in [4.78, 5) is 6.87. The highest BCUT2D eigenvalue weighted by Crippen LogP contribution is 2.26. The Balaban J connectivity index is 1.73. The molecule has 1 fully saturated rings. The van der Waals surface area contributed by atoms with E-state index in [2.05, 4.69) is 46.8 Å². The van der Waals surface area contributed by atoms with Gasteiger partial charge in [-0.1, -0.05) is 24.3 Å². The minimum absolute atomic E-state index is 0.660. The fourth-order valence-electron chi connectivity index (χ4n) is 2.51. The maximum Gasteiger partial charge on any atom is 0.181 e. The van der Waals surface area contributed by atoms with E-state index in [4.69, 9.17) is 5.73 Å². The van der Waals surface area contributed by atoms with Gasteiger partial charge in [0, 0.05) is 30.6 Å². The average Bonchev–Trinajstić information content (AvgIpc) is 2.78. The van der Waals surface area contributed by atoms with Crippen molar-refractivity contribution in [1.29, 1.82) is 0 Å². The Morgan fingerprint density at radius 1 is 1.47 bits per heavy atom. The number of benzene rings is 1. The zero-order valence-electron chi connectivity index (χ0n) is 11.1. The molecule has 1 unspecified atom stereocenters. The van der Waals surface area contributed by atoms with Crippen molar-refractivity contribution in [3.63, 3.8) is 0 Å². The van der Waals surface area contributed by atoms with Crippen LogP contribution in [0.2, 0.25) is 0 Å². The molecule has 2 heterocycles. The van der Waals surface area contributed by atoms with Gasteiger partial charge in [0.05, 0.1) is 10.2 Å². The maximum absolute atomic E-state index is 5.76. The first-order valence-corrected chi connectivity index (χ1v) is 8.60. The number of rotatable bonds is 3. The molecule has 3 nitrogen and oxygen atoms in total. The molecule has 1 aliphatic heterocycles. The van der Waals surface area contributed by atoms with Gasteiger partial charge in [0.2, 0.25) is 0 Å². The Bertz CT molecular complexity index is 567. The first kappa shape index (κ1) is 13.2. The number of aromatic nitrogens is 1. The third kappa shape index (κ3) is 3.04. The van der Waals surface area contributed by atoms with E-state index in [1.807, 2.05) is 0 Å². The topological polar surface area (TPSA) is 42.2 Å². The van der Waals surface area contributed by atoms with Crippen molar-refractivity contribution in [2.75, 3.05) is 24.6 Å². The summed E-state index contributed by atoms with van der Waals surface area (Å²) in [6.45, 7) is 5.74. The molecular formula is C14H19N3S2. The van der Waals surface area contributed by atoms with Crippen LogP contribution in [0.3, 0.4) is 0 Å². The monoisotopic (exact) mass is 293 g/mol. The van der Waals surface area contributed by atoms with Gasteiger partial charge in [-0.05, 0) is 24.1 Å². The summed E-state index contributed by atoms with van der Waals surface area (Å²) in [7, 11) is 0. The van der Waals surface area contributed by atoms with Gasteiger partial charge in [-0.3, -0.25) is 4.90 Å². The zero-order valence-corrected chi connectivity index (χ0v) is 12.8. The Labute approximate surface area is 122 Å². The Kier molecular flexibility index (Phi) is 3.96. The predicted octanol–water partition coefficient (Wildman–Crippen LogP) is 3.21. The van der Waals surface area contributed by atoms with E-state index < -0.39 is 0 Å². The number of fused-ring (bicyclic) bond motifs is 1. The first-order chi connectivity index (χ1) is 9.24. The van der Waals surface area contributed by atoms with Crippen molar-refractivity contribution in [2.45, 2.75) is 25.1 Å². The predicted molar refractivity (Wildman–Crippen MR) is 85.8 cm³/mol. The number of nitrogens with zero attached hydrogens (tertiary/aromatic N) is 2. The smallest absolute Gasteiger partial charge is 0.181 e. The number of nitrogens with two attached hydrogens (primary N) is 1. The molecule has 1 aliphatic rings. The lowest BCUT2D eigenvalue weighted by atomic mass is 10.2. The number of anilines is 1. The van der Waals surface area contributed by atoms with E-state index in [0.717, 1.165) is 17.3 Å². The molecule has 0 bridgehead atoms. The Morgan fingerprint density at radius 3 is 3.21 bits per heavy atom. The van der Waals surface area contributed by atoms with Crippen LogP contribution in [0.15, 0.2) is 18.2 Å². The second-order valence-electron chi connectivity index (χ2n) is 4.99. The molecule has 2 N–H and O–H groups in total. The van der Waals surface area contributed by atoms with Gasteiger partial charge < -0.3 is 5.73 Å². The molecule has 0 saturated carbocycles. The molecular weight excluding hydrogens is 274 g/mol. The normalized spacial score (nSPS) is 21.0. The minimum atomic E-state index is 0.660. The van der Waals surface area contributed by atoms with E-state index in [9.17, 15) is 0 Å². The van der Waals surface area contributed by atoms with Gasteiger partial charge in [0.15, 0.2) is 5.13 Å². The molecule has 0 amide bonds. The lowest BCUT2D eigenvalue weighted by Gasteiger charge is -2.31. The molecule has 102 valence electrons. The van der Waals surface area contributed by atoms with Gasteiger partial charge in [-0.2, -0.15) is 11.8 Å². The van der Waals surface area contributed by atoms with Gasteiger partial charge in [0.1, 0.15) is 0 Å². The van der Waals surface area contributed by atoms with E-state index >= 15 is 0 Å². The quantitative estimate of drug-likeness (QED) is 0.943. The van der Waals surface area contributed by atoms with E-state index in [1.54, 1.807) is 11.3 Å². The zero-order chi connectivity index (χ0) is 13.2. The van der Waals surface area contributed by atoms with Crippen LogP contribution in [0.25, 0.3) is 10.2 Å². The van der Waals surface area contributed by atoms with Crippen LogP contribution in [0.5, 0.6) is 0 Å². The number of thioether (sulfide) groups is 1. The minimum Gasteiger partial charge on any atom is -0.375 e. The molecule has 2 aromatic rings. The second kappa shape index (κ2) is 5.69. The number of nitrogen functional groups attached to an aromatic ring is 1. The van der Waals surface area contributed by atoms with E-state index in [1.165, 1.54) is 35.5 Å². The molecule has 19 heavy (non-hydrogen) atoms. The summed E-state index contributed by atoms with van der Waals surface area (Å²) < 4.78 is 1.20. The molecule has 0 aliphatic carbocycles. The molecule has 0 spiro atoms. The van der Waals surface area contributed by atoms with Gasteiger partial charge in [0.25, 0.3) is 0 Å². The van der Waals surface area contributed by atoms with Crippen LogP contribution < -0.4 is 5.73 Å². The third-order valence-corrected chi connectivity index (χ3v) is 5.77. The lowest BCUT2D eigenvalue weighted by molar-refractivity contribution is 0.273. The molecule has 1 atom stereocenters. The Morgan fingerprint density at radius 2 is 2.37 bits per heavy atom. The van der Waals surface area contributed by atoms with Crippen molar-refractivity contribution in [2.24, 2.45) is 0 Å². The largest absolute Gasteiger partial charge is 0.375 e. The molecule has 1 saturated heterocycles. The number of thiazole rings is 1. The van der Waals surface area contributed by atoms with Crippen molar-refractivity contribution in [3.05, 3.63) is 23.8 Å². The standard InChI is InChI=1S/C14H19N3S2/c1-2-11-9-17(5-6-18-11)8-10-3-4-12-13(7-10)19-14(15)16-12/h3-4,7,11H,2,5-6,8-9H2,1H3,(H2,15,16). The lowest BCUT2D eigenvalue weighted by Crippen LogP contribution is -2.36. The summed E-state index contributed by atoms with van der Waals surface area (Å²) in [5.41, 5.74) is 8.15. The summed E-state index contributed by atoms with van der Waals surface area (Å²) in [6.07, 6.45) is 1.27. The molecule has 1 aromatic carbocycles. The van der Waals surface area contributed by atoms with E-state index in [0.29, 0.717) is 5.13 Å². The SMILES string of the molecule is CCC1CN(Cc2ccc3nc(N)sc3c2)CCS1. The van der Waals surface area contributed by atoms with Crippen LogP contribution in [-0.4, -0.2) is 34.0 Å². The highest BCUT2D eigenvalue weighted by Gasteiger charge is 2.18. The summed E-state index contributed by atoms with van der Waals surface area (Å²) in [6, 6.07) is 6.52. The van der Waals surface area contributed by atoms with Crippen LogP contribution in [0.1, 0.15) is 18.9 Å². The first-order valence-electron chi connectivity index (χ1n) is 6.73. The molecule has 0 radical (unpaired) electrons. The van der Waals surface area contributed by atoms with Gasteiger partial charge >= 0.3 is 0 Å².